The summed E-state index contributed by atoms with van der Waals surface area (Å²) in [5, 5.41) is 0. The van der Waals surface area contributed by atoms with Gasteiger partial charge in [-0.2, -0.15) is 0 Å². The number of carbonyl (C=O) groups is 3. The Morgan fingerprint density at radius 3 is 2.35 bits per heavy atom. The summed E-state index contributed by atoms with van der Waals surface area (Å²) in [6, 6.07) is 1.42. The number of unbranched alkanes of at least 4 members (excludes halogenated alkanes) is 1. The molecule has 0 heterocycles. The number of benzene rings is 1. The third-order valence-corrected chi connectivity index (χ3v) is 8.05. The Hall–Kier alpha value is -2.61. The third-order valence-electron chi connectivity index (χ3n) is 7.67. The number of fused-ring (bicyclic) bond motifs is 1. The Balaban J connectivity index is 1.80. The van der Waals surface area contributed by atoms with E-state index in [-0.39, 0.29) is 58.0 Å². The number of allylic oxidation sites excluding steroid dienone is 4. The molecule has 0 aliphatic heterocycles. The molecule has 2 N–H and O–H groups in total. The van der Waals surface area contributed by atoms with E-state index in [4.69, 9.17) is 43.1 Å². The van der Waals surface area contributed by atoms with E-state index in [1.54, 1.807) is 6.07 Å². The van der Waals surface area contributed by atoms with Crippen molar-refractivity contribution in [3.8, 4) is 11.5 Å². The van der Waals surface area contributed by atoms with Crippen LogP contribution in [0.5, 0.6) is 11.5 Å². The Morgan fingerprint density at radius 1 is 1.02 bits per heavy atom. The van der Waals surface area contributed by atoms with E-state index in [1.807, 2.05) is 13.0 Å². The molecule has 1 aromatic rings. The zero-order valence-electron chi connectivity index (χ0n) is 23.5. The highest BCUT2D eigenvalue weighted by Crippen LogP contribution is 2.43. The lowest BCUT2D eigenvalue weighted by molar-refractivity contribution is -0.150. The van der Waals surface area contributed by atoms with Crippen LogP contribution in [0.3, 0.4) is 0 Å². The minimum Gasteiger partial charge on any atom is -0.496 e. The van der Waals surface area contributed by atoms with Crippen LogP contribution in [0.15, 0.2) is 42.0 Å². The van der Waals surface area contributed by atoms with Gasteiger partial charge in [0.15, 0.2) is 11.6 Å². The maximum Gasteiger partial charge on any atom is 0.306 e. The van der Waals surface area contributed by atoms with E-state index in [2.05, 4.69) is 12.2 Å². The topological polar surface area (TPSA) is 105 Å². The predicted molar refractivity (Wildman–Crippen MR) is 158 cm³/mol. The van der Waals surface area contributed by atoms with Gasteiger partial charge in [0.2, 0.25) is 0 Å². The number of alkyl halides is 2. The van der Waals surface area contributed by atoms with Crippen LogP contribution >= 0.6 is 23.2 Å². The molecule has 0 amide bonds. The molecule has 1 aromatic carbocycles. The van der Waals surface area contributed by atoms with Crippen molar-refractivity contribution in [3.63, 3.8) is 0 Å². The molecule has 0 bridgehead atoms. The molecule has 7 nitrogen and oxygen atoms in total. The van der Waals surface area contributed by atoms with Crippen molar-refractivity contribution >= 4 is 40.7 Å². The van der Waals surface area contributed by atoms with Crippen molar-refractivity contribution in [2.75, 3.05) is 26.0 Å². The Kier molecular flexibility index (Phi) is 11.9. The molecule has 0 aromatic heterocycles. The van der Waals surface area contributed by atoms with Gasteiger partial charge in [0, 0.05) is 35.2 Å². The summed E-state index contributed by atoms with van der Waals surface area (Å²) in [7, 11) is 2.87. The highest BCUT2D eigenvalue weighted by Gasteiger charge is 2.35. The first-order chi connectivity index (χ1) is 19.2. The van der Waals surface area contributed by atoms with Gasteiger partial charge < -0.3 is 19.9 Å². The Labute approximate surface area is 246 Å². The second-order valence-corrected chi connectivity index (χ2v) is 11.0. The Bertz CT molecular complexity index is 1190. The highest BCUT2D eigenvalue weighted by molar-refractivity contribution is 6.24. The van der Waals surface area contributed by atoms with Crippen molar-refractivity contribution in [2.45, 2.75) is 70.4 Å². The molecule has 3 atom stereocenters. The molecule has 9 heteroatoms. The fourth-order valence-electron chi connectivity index (χ4n) is 5.44. The summed E-state index contributed by atoms with van der Waals surface area (Å²) in [6.45, 7) is 2.04. The average molecular weight is 593 g/mol. The molecule has 2 aliphatic rings. The molecule has 218 valence electrons. The fraction of sp³-hybridized carbons (Fsp3) is 0.516. The first-order valence-corrected chi connectivity index (χ1v) is 14.8. The second-order valence-electron chi connectivity index (χ2n) is 10.2. The lowest BCUT2D eigenvalue weighted by Gasteiger charge is -2.37. The number of halogens is 2. The van der Waals surface area contributed by atoms with Gasteiger partial charge in [-0.3, -0.25) is 14.4 Å². The largest absolute Gasteiger partial charge is 0.496 e. The average Bonchev–Trinajstić information content (AvgIpc) is 2.94. The van der Waals surface area contributed by atoms with Crippen molar-refractivity contribution in [1.82, 2.24) is 0 Å². The van der Waals surface area contributed by atoms with E-state index < -0.39 is 6.10 Å². The molecule has 0 fully saturated rings. The number of ether oxygens (including phenoxy) is 3. The quantitative estimate of drug-likeness (QED) is 0.180. The number of nitrogens with two attached hydrogens (primary N) is 1. The maximum atomic E-state index is 13.1. The zero-order chi connectivity index (χ0) is 29.3. The molecule has 0 spiro atoms. The van der Waals surface area contributed by atoms with E-state index in [9.17, 15) is 14.4 Å². The van der Waals surface area contributed by atoms with Crippen molar-refractivity contribution < 1.29 is 28.6 Å². The minimum atomic E-state index is -0.676. The molecule has 3 unspecified atom stereocenters. The smallest absolute Gasteiger partial charge is 0.306 e. The minimum absolute atomic E-state index is 0.129. The number of methoxy groups -OCH3 is 2. The van der Waals surface area contributed by atoms with Crippen LogP contribution in [0, 0.1) is 5.41 Å². The lowest BCUT2D eigenvalue weighted by atomic mass is 9.71. The fourth-order valence-corrected chi connectivity index (χ4v) is 6.01. The normalized spacial score (nSPS) is 20.6. The van der Waals surface area contributed by atoms with Crippen molar-refractivity contribution in [1.29, 1.82) is 0 Å². The van der Waals surface area contributed by atoms with Gasteiger partial charge in [-0.15, -0.1) is 23.2 Å². The summed E-state index contributed by atoms with van der Waals surface area (Å²) >= 11 is 12.0. The predicted octanol–water partition coefficient (Wildman–Crippen LogP) is 6.65. The summed E-state index contributed by atoms with van der Waals surface area (Å²) in [4.78, 5) is 38.6. The lowest BCUT2D eigenvalue weighted by Crippen LogP contribution is -2.41. The molecule has 2 aliphatic carbocycles. The number of hydrogen-bond donors (Lipinski definition) is 1. The van der Waals surface area contributed by atoms with E-state index in [0.29, 0.717) is 43.0 Å². The maximum absolute atomic E-state index is 13.1. The van der Waals surface area contributed by atoms with Gasteiger partial charge >= 0.3 is 5.97 Å². The van der Waals surface area contributed by atoms with E-state index >= 15 is 0 Å². The van der Waals surface area contributed by atoms with Crippen LogP contribution in [-0.4, -0.2) is 49.6 Å². The van der Waals surface area contributed by atoms with E-state index in [0.717, 1.165) is 24.8 Å². The van der Waals surface area contributed by atoms with Gasteiger partial charge in [0.1, 0.15) is 17.6 Å². The van der Waals surface area contributed by atoms with Crippen LogP contribution < -0.4 is 15.2 Å². The summed E-state index contributed by atoms with van der Waals surface area (Å²) in [5.74, 6) is 0.380. The van der Waals surface area contributed by atoms with Crippen LogP contribution in [0.25, 0.3) is 0 Å². The van der Waals surface area contributed by atoms with Gasteiger partial charge in [0.25, 0.3) is 0 Å². The van der Waals surface area contributed by atoms with Gasteiger partial charge in [0.05, 0.1) is 25.3 Å². The van der Waals surface area contributed by atoms with Crippen molar-refractivity contribution in [2.24, 2.45) is 11.1 Å². The third kappa shape index (κ3) is 7.17. The van der Waals surface area contributed by atoms with Crippen molar-refractivity contribution in [3.05, 3.63) is 58.7 Å². The van der Waals surface area contributed by atoms with Crippen LogP contribution in [0.1, 0.15) is 90.7 Å². The molecule has 3 rings (SSSR count). The first-order valence-electron chi connectivity index (χ1n) is 13.8. The van der Waals surface area contributed by atoms with E-state index in [1.165, 1.54) is 26.4 Å². The monoisotopic (exact) mass is 591 g/mol. The molecule has 0 saturated carbocycles. The first kappa shape index (κ1) is 31.9. The summed E-state index contributed by atoms with van der Waals surface area (Å²) in [6.07, 6.45) is 13.1. The highest BCUT2D eigenvalue weighted by atomic mass is 35.5. The molecular formula is C31H39Cl2NO6. The summed E-state index contributed by atoms with van der Waals surface area (Å²) in [5.41, 5.74) is 8.11. The number of ketones is 2. The van der Waals surface area contributed by atoms with Crippen LogP contribution in [0.2, 0.25) is 0 Å². The second kappa shape index (κ2) is 14.9. The molecule has 0 radical (unpaired) electrons. The van der Waals surface area contributed by atoms with Gasteiger partial charge in [-0.25, -0.2) is 0 Å². The van der Waals surface area contributed by atoms with Crippen LogP contribution in [-0.2, 0) is 9.53 Å². The Morgan fingerprint density at radius 2 is 1.75 bits per heavy atom. The van der Waals surface area contributed by atoms with Crippen LogP contribution in [0.4, 0.5) is 0 Å². The SMILES string of the molecule is CCCCC(OC(=O)CCCC1(CCCl)C=CC(CCCl)=CC1N)c1cc(OC)c2c(c1OC)C(=O)C=CC2=O. The summed E-state index contributed by atoms with van der Waals surface area (Å²) < 4.78 is 17.1. The zero-order valence-corrected chi connectivity index (χ0v) is 25.0. The number of esters is 1. The number of rotatable bonds is 15. The number of carbonyl (C=O) groups excluding carboxylic acids is 3. The molecular weight excluding hydrogens is 553 g/mol. The molecule has 0 saturated heterocycles. The standard InChI is InChI=1S/C31H39Cl2NO6/c1-4-5-7-24(21-19-25(38-2)28-22(35)9-10-23(36)29(28)30(21)39-3)40-27(37)8-6-13-31(15-17-33)14-11-20(12-16-32)18-26(31)34/h9-11,14,18-19,24,26H,4-8,12-13,15-17,34H2,1-3H3. The number of hydrogen-bond acceptors (Lipinski definition) is 7. The van der Waals surface area contributed by atoms with Gasteiger partial charge in [-0.1, -0.05) is 31.6 Å². The molecule has 40 heavy (non-hydrogen) atoms. The van der Waals surface area contributed by atoms with Gasteiger partial charge in [-0.05, 0) is 62.3 Å².